The van der Waals surface area contributed by atoms with Crippen molar-refractivity contribution in [2.24, 2.45) is 4.99 Å². The van der Waals surface area contributed by atoms with Crippen LogP contribution in [0.4, 0.5) is 4.39 Å². The lowest BCUT2D eigenvalue weighted by molar-refractivity contribution is -0.0236. The second-order valence-corrected chi connectivity index (χ2v) is 5.58. The Kier molecular flexibility index (Phi) is 5.56. The summed E-state index contributed by atoms with van der Waals surface area (Å²) in [6.45, 7) is 3.88. The number of nitrogens with zero attached hydrogens (tertiary/aromatic N) is 1. The number of halogens is 1. The highest BCUT2D eigenvalue weighted by molar-refractivity contribution is 5.79. The molecular formula is C16H24FN3O. The minimum atomic E-state index is -0.606. The van der Waals surface area contributed by atoms with Crippen molar-refractivity contribution in [3.05, 3.63) is 35.6 Å². The first-order valence-electron chi connectivity index (χ1n) is 7.60. The molecule has 1 aliphatic carbocycles. The van der Waals surface area contributed by atoms with Crippen LogP contribution in [0.3, 0.4) is 0 Å². The standard InChI is InChI=1S/C16H24FN3O/c1-2-18-15(20-12-16(21)8-4-9-16)19-10-7-13-5-3-6-14(17)11-13/h3,5-6,11,21H,2,4,7-10,12H2,1H3,(H2,18,19,20). The quantitative estimate of drug-likeness (QED) is 0.554. The summed E-state index contributed by atoms with van der Waals surface area (Å²) >= 11 is 0. The Morgan fingerprint density at radius 3 is 2.81 bits per heavy atom. The zero-order valence-electron chi connectivity index (χ0n) is 12.5. The minimum absolute atomic E-state index is 0.208. The van der Waals surface area contributed by atoms with E-state index in [4.69, 9.17) is 0 Å². The first-order valence-corrected chi connectivity index (χ1v) is 7.60. The van der Waals surface area contributed by atoms with E-state index in [1.165, 1.54) is 6.07 Å². The summed E-state index contributed by atoms with van der Waals surface area (Å²) in [4.78, 5) is 4.43. The van der Waals surface area contributed by atoms with Crippen LogP contribution in [-0.4, -0.2) is 36.3 Å². The van der Waals surface area contributed by atoms with Gasteiger partial charge in [0.25, 0.3) is 0 Å². The van der Waals surface area contributed by atoms with Crippen molar-refractivity contribution in [2.75, 3.05) is 19.6 Å². The number of benzene rings is 1. The van der Waals surface area contributed by atoms with Crippen LogP contribution in [0.2, 0.25) is 0 Å². The van der Waals surface area contributed by atoms with Crippen LogP contribution < -0.4 is 10.6 Å². The van der Waals surface area contributed by atoms with E-state index in [0.29, 0.717) is 19.0 Å². The van der Waals surface area contributed by atoms with Crippen molar-refractivity contribution in [3.8, 4) is 0 Å². The average molecular weight is 293 g/mol. The van der Waals surface area contributed by atoms with Crippen LogP contribution in [0.15, 0.2) is 29.3 Å². The normalized spacial score (nSPS) is 17.2. The molecule has 1 saturated carbocycles. The van der Waals surface area contributed by atoms with Gasteiger partial charge in [-0.3, -0.25) is 4.99 Å². The summed E-state index contributed by atoms with van der Waals surface area (Å²) < 4.78 is 13.1. The molecule has 0 aromatic heterocycles. The Morgan fingerprint density at radius 1 is 1.38 bits per heavy atom. The van der Waals surface area contributed by atoms with Crippen LogP contribution in [0.25, 0.3) is 0 Å². The van der Waals surface area contributed by atoms with Gasteiger partial charge in [0.05, 0.1) is 12.1 Å². The van der Waals surface area contributed by atoms with Gasteiger partial charge < -0.3 is 15.7 Å². The third-order valence-electron chi connectivity index (χ3n) is 3.76. The van der Waals surface area contributed by atoms with Gasteiger partial charge in [0, 0.05) is 13.1 Å². The fourth-order valence-corrected chi connectivity index (χ4v) is 2.33. The average Bonchev–Trinajstić information content (AvgIpc) is 2.43. The minimum Gasteiger partial charge on any atom is -0.388 e. The molecule has 5 heteroatoms. The maximum Gasteiger partial charge on any atom is 0.191 e. The predicted octanol–water partition coefficient (Wildman–Crippen LogP) is 1.84. The highest BCUT2D eigenvalue weighted by Crippen LogP contribution is 2.31. The van der Waals surface area contributed by atoms with E-state index < -0.39 is 5.60 Å². The highest BCUT2D eigenvalue weighted by Gasteiger charge is 2.34. The molecule has 0 heterocycles. The molecule has 0 unspecified atom stereocenters. The lowest BCUT2D eigenvalue weighted by atomic mass is 9.80. The molecule has 0 saturated heterocycles. The Bertz CT molecular complexity index is 486. The molecule has 0 radical (unpaired) electrons. The topological polar surface area (TPSA) is 56.7 Å². The van der Waals surface area contributed by atoms with Crippen molar-refractivity contribution in [1.82, 2.24) is 10.6 Å². The van der Waals surface area contributed by atoms with Gasteiger partial charge in [0.15, 0.2) is 5.96 Å². The van der Waals surface area contributed by atoms with E-state index in [9.17, 15) is 9.50 Å². The third-order valence-corrected chi connectivity index (χ3v) is 3.76. The molecule has 4 nitrogen and oxygen atoms in total. The first-order chi connectivity index (χ1) is 10.1. The van der Waals surface area contributed by atoms with E-state index in [0.717, 1.165) is 37.8 Å². The Labute approximate surface area is 125 Å². The fourth-order valence-electron chi connectivity index (χ4n) is 2.33. The molecule has 116 valence electrons. The van der Waals surface area contributed by atoms with Gasteiger partial charge in [-0.15, -0.1) is 0 Å². The zero-order chi connectivity index (χ0) is 15.1. The van der Waals surface area contributed by atoms with E-state index >= 15 is 0 Å². The number of rotatable bonds is 6. The molecule has 1 fully saturated rings. The number of nitrogens with one attached hydrogen (secondary N) is 2. The number of aliphatic hydroxyl groups is 1. The molecular weight excluding hydrogens is 269 g/mol. The van der Waals surface area contributed by atoms with Gasteiger partial charge in [-0.2, -0.15) is 0 Å². The Balaban J connectivity index is 1.80. The predicted molar refractivity (Wildman–Crippen MR) is 82.9 cm³/mol. The van der Waals surface area contributed by atoms with Crippen molar-refractivity contribution in [2.45, 2.75) is 38.2 Å². The van der Waals surface area contributed by atoms with Gasteiger partial charge >= 0.3 is 0 Å². The number of hydrogen-bond donors (Lipinski definition) is 3. The Hall–Kier alpha value is -1.62. The van der Waals surface area contributed by atoms with E-state index in [1.807, 2.05) is 13.0 Å². The van der Waals surface area contributed by atoms with Gasteiger partial charge in [-0.05, 0) is 50.3 Å². The van der Waals surface area contributed by atoms with Crippen molar-refractivity contribution in [1.29, 1.82) is 0 Å². The number of aliphatic imine (C=N–C) groups is 1. The first kappa shape index (κ1) is 15.8. The monoisotopic (exact) mass is 293 g/mol. The maximum absolute atomic E-state index is 13.1. The maximum atomic E-state index is 13.1. The second-order valence-electron chi connectivity index (χ2n) is 5.58. The summed E-state index contributed by atoms with van der Waals surface area (Å²) in [6, 6.07) is 6.62. The van der Waals surface area contributed by atoms with Gasteiger partial charge in [-0.1, -0.05) is 12.1 Å². The summed E-state index contributed by atoms with van der Waals surface area (Å²) in [5.41, 5.74) is 0.348. The fraction of sp³-hybridized carbons (Fsp3) is 0.562. The molecule has 0 atom stereocenters. The van der Waals surface area contributed by atoms with Gasteiger partial charge in [-0.25, -0.2) is 4.39 Å². The molecule has 1 aliphatic rings. The Morgan fingerprint density at radius 2 is 2.19 bits per heavy atom. The lowest BCUT2D eigenvalue weighted by Gasteiger charge is -2.35. The van der Waals surface area contributed by atoms with Crippen LogP contribution in [0.5, 0.6) is 0 Å². The largest absolute Gasteiger partial charge is 0.388 e. The SMILES string of the molecule is CCNC(=NCC1(O)CCC1)NCCc1cccc(F)c1. The summed E-state index contributed by atoms with van der Waals surface area (Å²) in [5, 5.41) is 16.4. The lowest BCUT2D eigenvalue weighted by Crippen LogP contribution is -2.43. The smallest absolute Gasteiger partial charge is 0.191 e. The summed E-state index contributed by atoms with van der Waals surface area (Å²) in [6.07, 6.45) is 3.47. The number of hydrogen-bond acceptors (Lipinski definition) is 2. The van der Waals surface area contributed by atoms with Crippen LogP contribution in [0, 0.1) is 5.82 Å². The molecule has 1 aromatic rings. The van der Waals surface area contributed by atoms with E-state index in [2.05, 4.69) is 15.6 Å². The molecule has 0 aliphatic heterocycles. The van der Waals surface area contributed by atoms with Crippen molar-refractivity contribution in [3.63, 3.8) is 0 Å². The van der Waals surface area contributed by atoms with Crippen LogP contribution in [-0.2, 0) is 6.42 Å². The van der Waals surface area contributed by atoms with Crippen LogP contribution in [0.1, 0.15) is 31.7 Å². The molecule has 1 aromatic carbocycles. The molecule has 2 rings (SSSR count). The van der Waals surface area contributed by atoms with Crippen molar-refractivity contribution >= 4 is 5.96 Å². The zero-order valence-corrected chi connectivity index (χ0v) is 12.5. The molecule has 0 amide bonds. The molecule has 0 spiro atoms. The van der Waals surface area contributed by atoms with Gasteiger partial charge in [0.2, 0.25) is 0 Å². The van der Waals surface area contributed by atoms with E-state index in [1.54, 1.807) is 12.1 Å². The summed E-state index contributed by atoms with van der Waals surface area (Å²) in [5.74, 6) is 0.495. The van der Waals surface area contributed by atoms with Gasteiger partial charge in [0.1, 0.15) is 5.82 Å². The number of guanidine groups is 1. The second kappa shape index (κ2) is 7.41. The summed E-state index contributed by atoms with van der Waals surface area (Å²) in [7, 11) is 0. The molecule has 3 N–H and O–H groups in total. The van der Waals surface area contributed by atoms with Crippen molar-refractivity contribution < 1.29 is 9.50 Å². The van der Waals surface area contributed by atoms with E-state index in [-0.39, 0.29) is 5.82 Å². The third kappa shape index (κ3) is 5.01. The molecule has 0 bridgehead atoms. The highest BCUT2D eigenvalue weighted by atomic mass is 19.1. The molecule has 21 heavy (non-hydrogen) atoms. The van der Waals surface area contributed by atoms with Crippen LogP contribution >= 0.6 is 0 Å².